The Hall–Kier alpha value is -1.53. The van der Waals surface area contributed by atoms with Gasteiger partial charge in [-0.3, -0.25) is 9.88 Å². The van der Waals surface area contributed by atoms with Crippen LogP contribution < -0.4 is 5.73 Å². The lowest BCUT2D eigenvalue weighted by Crippen LogP contribution is -2.18. The number of anilines is 1. The maximum Gasteiger partial charge on any atom is 0.132 e. The first-order chi connectivity index (χ1) is 7.75. The highest BCUT2D eigenvalue weighted by Gasteiger charge is 2.07. The van der Waals surface area contributed by atoms with E-state index in [0.29, 0.717) is 11.5 Å². The molecule has 0 atom stereocenters. The van der Waals surface area contributed by atoms with Crippen molar-refractivity contribution in [3.63, 3.8) is 0 Å². The minimum Gasteiger partial charge on any atom is -0.388 e. The van der Waals surface area contributed by atoms with Crippen LogP contribution in [0, 0.1) is 0 Å². The molecular weight excluding hydrogens is 222 g/mol. The van der Waals surface area contributed by atoms with Gasteiger partial charge in [0, 0.05) is 37.0 Å². The molecule has 0 unspecified atom stereocenters. The van der Waals surface area contributed by atoms with Crippen LogP contribution in [-0.4, -0.2) is 26.5 Å². The Morgan fingerprint density at radius 2 is 2.06 bits per heavy atom. The van der Waals surface area contributed by atoms with Crippen LogP contribution in [0.25, 0.3) is 0 Å². The van der Waals surface area contributed by atoms with E-state index in [1.807, 2.05) is 19.2 Å². The number of hydrogen-bond acceptors (Lipinski definition) is 6. The van der Waals surface area contributed by atoms with E-state index in [-0.39, 0.29) is 0 Å². The molecule has 0 bridgehead atoms. The summed E-state index contributed by atoms with van der Waals surface area (Å²) in [4.78, 5) is 6.12. The third kappa shape index (κ3) is 2.74. The molecule has 0 radical (unpaired) electrons. The highest BCUT2D eigenvalue weighted by Crippen LogP contribution is 2.14. The third-order valence-corrected chi connectivity index (χ3v) is 2.80. The zero-order valence-electron chi connectivity index (χ0n) is 9.00. The van der Waals surface area contributed by atoms with Gasteiger partial charge in [-0.1, -0.05) is 4.49 Å². The second-order valence-corrected chi connectivity index (χ2v) is 4.40. The Balaban J connectivity index is 1.95. The van der Waals surface area contributed by atoms with E-state index in [0.717, 1.165) is 12.2 Å². The van der Waals surface area contributed by atoms with Crippen LogP contribution in [0.3, 0.4) is 0 Å². The van der Waals surface area contributed by atoms with Crippen molar-refractivity contribution < 1.29 is 0 Å². The molecule has 0 saturated carbocycles. The molecule has 0 aromatic carbocycles. The number of nitrogen functional groups attached to an aromatic ring is 1. The van der Waals surface area contributed by atoms with Gasteiger partial charge < -0.3 is 5.73 Å². The number of aromatic nitrogens is 3. The van der Waals surface area contributed by atoms with E-state index >= 15 is 0 Å². The van der Waals surface area contributed by atoms with Gasteiger partial charge in [0.2, 0.25) is 0 Å². The van der Waals surface area contributed by atoms with Crippen molar-refractivity contribution in [2.45, 2.75) is 13.1 Å². The van der Waals surface area contributed by atoms with Crippen molar-refractivity contribution in [1.29, 1.82) is 0 Å². The summed E-state index contributed by atoms with van der Waals surface area (Å²) in [5.41, 5.74) is 7.81. The van der Waals surface area contributed by atoms with Gasteiger partial charge in [-0.25, -0.2) is 0 Å². The van der Waals surface area contributed by atoms with Gasteiger partial charge in [0.25, 0.3) is 0 Å². The fourth-order valence-electron chi connectivity index (χ4n) is 1.44. The first kappa shape index (κ1) is 11.0. The largest absolute Gasteiger partial charge is 0.388 e. The van der Waals surface area contributed by atoms with E-state index in [2.05, 4.69) is 19.5 Å². The van der Waals surface area contributed by atoms with Gasteiger partial charge >= 0.3 is 0 Å². The minimum absolute atomic E-state index is 0.696. The second-order valence-electron chi connectivity index (χ2n) is 3.61. The lowest BCUT2D eigenvalue weighted by atomic mass is 10.2. The molecule has 84 valence electrons. The van der Waals surface area contributed by atoms with E-state index in [1.54, 1.807) is 12.4 Å². The molecule has 2 aromatic heterocycles. The molecule has 5 nitrogen and oxygen atoms in total. The van der Waals surface area contributed by atoms with Gasteiger partial charge in [-0.2, -0.15) is 0 Å². The predicted octanol–water partition coefficient (Wildman–Crippen LogP) is 1.15. The fourth-order valence-corrected chi connectivity index (χ4v) is 1.87. The SMILES string of the molecule is CN(Cc1ccncc1)Cc1nnsc1N. The highest BCUT2D eigenvalue weighted by atomic mass is 32.1. The summed E-state index contributed by atoms with van der Waals surface area (Å²) in [6.45, 7) is 1.56. The average Bonchev–Trinajstić information content (AvgIpc) is 2.66. The lowest BCUT2D eigenvalue weighted by Gasteiger charge is -2.14. The molecule has 16 heavy (non-hydrogen) atoms. The zero-order chi connectivity index (χ0) is 11.4. The van der Waals surface area contributed by atoms with Crippen molar-refractivity contribution in [3.05, 3.63) is 35.8 Å². The molecule has 2 heterocycles. The topological polar surface area (TPSA) is 67.9 Å². The number of pyridine rings is 1. The summed E-state index contributed by atoms with van der Waals surface area (Å²) in [5, 5.41) is 4.68. The summed E-state index contributed by atoms with van der Waals surface area (Å²) < 4.78 is 3.81. The molecule has 2 aromatic rings. The van der Waals surface area contributed by atoms with Crippen molar-refractivity contribution in [2.24, 2.45) is 0 Å². The maximum atomic E-state index is 5.74. The molecule has 6 heteroatoms. The summed E-state index contributed by atoms with van der Waals surface area (Å²) in [7, 11) is 2.03. The summed E-state index contributed by atoms with van der Waals surface area (Å²) in [5.74, 6) is 0. The van der Waals surface area contributed by atoms with Crippen LogP contribution >= 0.6 is 11.5 Å². The zero-order valence-corrected chi connectivity index (χ0v) is 9.81. The first-order valence-electron chi connectivity index (χ1n) is 4.90. The Labute approximate surface area is 98.1 Å². The highest BCUT2D eigenvalue weighted by molar-refractivity contribution is 7.09. The molecular formula is C10H13N5S. The van der Waals surface area contributed by atoms with Gasteiger partial charge in [-0.05, 0) is 24.7 Å². The average molecular weight is 235 g/mol. The van der Waals surface area contributed by atoms with E-state index in [4.69, 9.17) is 5.73 Å². The first-order valence-corrected chi connectivity index (χ1v) is 5.67. The van der Waals surface area contributed by atoms with Crippen molar-refractivity contribution >= 4 is 16.5 Å². The summed E-state index contributed by atoms with van der Waals surface area (Å²) in [6.07, 6.45) is 3.59. The van der Waals surface area contributed by atoms with Crippen LogP contribution in [0.2, 0.25) is 0 Å². The predicted molar refractivity (Wildman–Crippen MR) is 63.7 cm³/mol. The fraction of sp³-hybridized carbons (Fsp3) is 0.300. The Bertz CT molecular complexity index is 441. The number of hydrogen-bond donors (Lipinski definition) is 1. The molecule has 2 rings (SSSR count). The van der Waals surface area contributed by atoms with Crippen molar-refractivity contribution in [2.75, 3.05) is 12.8 Å². The normalized spacial score (nSPS) is 10.9. The number of nitrogens with zero attached hydrogens (tertiary/aromatic N) is 4. The molecule has 0 aliphatic rings. The van der Waals surface area contributed by atoms with Crippen LogP contribution in [0.15, 0.2) is 24.5 Å². The summed E-state index contributed by atoms with van der Waals surface area (Å²) >= 11 is 1.23. The molecule has 0 fully saturated rings. The van der Waals surface area contributed by atoms with Crippen LogP contribution in [0.5, 0.6) is 0 Å². The van der Waals surface area contributed by atoms with Gasteiger partial charge in [0.15, 0.2) is 0 Å². The van der Waals surface area contributed by atoms with Crippen molar-refractivity contribution in [3.8, 4) is 0 Å². The molecule has 0 aliphatic heterocycles. The van der Waals surface area contributed by atoms with Crippen LogP contribution in [0.4, 0.5) is 5.00 Å². The molecule has 2 N–H and O–H groups in total. The third-order valence-electron chi connectivity index (χ3n) is 2.21. The molecule has 0 spiro atoms. The monoisotopic (exact) mass is 235 g/mol. The van der Waals surface area contributed by atoms with E-state index in [1.165, 1.54) is 17.1 Å². The minimum atomic E-state index is 0.696. The van der Waals surface area contributed by atoms with Crippen LogP contribution in [0.1, 0.15) is 11.3 Å². The molecule has 0 saturated heterocycles. The lowest BCUT2D eigenvalue weighted by molar-refractivity contribution is 0.315. The quantitative estimate of drug-likeness (QED) is 0.861. The standard InChI is InChI=1S/C10H13N5S/c1-15(6-8-2-4-12-5-3-8)7-9-10(11)16-14-13-9/h2-5H,6-7,11H2,1H3. The van der Waals surface area contributed by atoms with Gasteiger partial charge in [0.05, 0.1) is 0 Å². The summed E-state index contributed by atoms with van der Waals surface area (Å²) in [6, 6.07) is 4.00. The van der Waals surface area contributed by atoms with Crippen LogP contribution in [-0.2, 0) is 13.1 Å². The van der Waals surface area contributed by atoms with E-state index < -0.39 is 0 Å². The maximum absolute atomic E-state index is 5.74. The second kappa shape index (κ2) is 5.00. The van der Waals surface area contributed by atoms with Gasteiger partial charge in [-0.15, -0.1) is 5.10 Å². The van der Waals surface area contributed by atoms with E-state index in [9.17, 15) is 0 Å². The van der Waals surface area contributed by atoms with Crippen molar-refractivity contribution in [1.82, 2.24) is 19.5 Å². The van der Waals surface area contributed by atoms with Gasteiger partial charge in [0.1, 0.15) is 10.7 Å². The number of nitrogens with two attached hydrogens (primary N) is 1. The molecule has 0 amide bonds. The smallest absolute Gasteiger partial charge is 0.132 e. The Kier molecular flexibility index (Phi) is 3.43. The Morgan fingerprint density at radius 1 is 1.31 bits per heavy atom. The Morgan fingerprint density at radius 3 is 2.69 bits per heavy atom. The number of rotatable bonds is 4. The molecule has 0 aliphatic carbocycles.